The van der Waals surface area contributed by atoms with Gasteiger partial charge in [0.2, 0.25) is 0 Å². The lowest BCUT2D eigenvalue weighted by Crippen LogP contribution is -2.36. The molecule has 0 saturated heterocycles. The minimum Gasteiger partial charge on any atom is -0.307 e. The molecule has 2 atom stereocenters. The zero-order valence-electron chi connectivity index (χ0n) is 10.7. The van der Waals surface area contributed by atoms with Gasteiger partial charge in [-0.1, -0.05) is 19.3 Å². The Morgan fingerprint density at radius 2 is 1.94 bits per heavy atom. The Kier molecular flexibility index (Phi) is 5.07. The molecule has 1 aromatic heterocycles. The highest BCUT2D eigenvalue weighted by Gasteiger charge is 2.21. The van der Waals surface area contributed by atoms with Crippen molar-refractivity contribution in [1.82, 2.24) is 5.32 Å². The van der Waals surface area contributed by atoms with Gasteiger partial charge in [-0.3, -0.25) is 0 Å². The van der Waals surface area contributed by atoms with Crippen LogP contribution in [0.5, 0.6) is 0 Å². The molecule has 2 rings (SSSR count). The molecule has 1 aliphatic carbocycles. The van der Waals surface area contributed by atoms with Crippen LogP contribution in [0.1, 0.15) is 56.9 Å². The van der Waals surface area contributed by atoms with E-state index in [9.17, 15) is 0 Å². The van der Waals surface area contributed by atoms with Crippen molar-refractivity contribution in [3.05, 3.63) is 20.8 Å². The molecular formula is C14H22BrNS. The van der Waals surface area contributed by atoms with Gasteiger partial charge in [-0.15, -0.1) is 11.3 Å². The van der Waals surface area contributed by atoms with Crippen LogP contribution in [0.2, 0.25) is 0 Å². The van der Waals surface area contributed by atoms with E-state index in [0.29, 0.717) is 12.1 Å². The maximum Gasteiger partial charge on any atom is 0.0701 e. The molecule has 0 bridgehead atoms. The average molecular weight is 316 g/mol. The normalized spacial score (nSPS) is 21.4. The summed E-state index contributed by atoms with van der Waals surface area (Å²) in [4.78, 5) is 1.43. The van der Waals surface area contributed by atoms with Gasteiger partial charge in [-0.2, -0.15) is 0 Å². The van der Waals surface area contributed by atoms with Crippen molar-refractivity contribution in [2.24, 2.45) is 5.92 Å². The monoisotopic (exact) mass is 315 g/mol. The molecule has 1 aliphatic rings. The van der Waals surface area contributed by atoms with Gasteiger partial charge in [0.05, 0.1) is 3.79 Å². The summed E-state index contributed by atoms with van der Waals surface area (Å²) in [6.45, 7) is 4.63. The smallest absolute Gasteiger partial charge is 0.0701 e. The molecule has 0 aliphatic heterocycles. The molecule has 0 amide bonds. The Morgan fingerprint density at radius 3 is 2.53 bits per heavy atom. The number of thiophene rings is 1. The topological polar surface area (TPSA) is 12.0 Å². The lowest BCUT2D eigenvalue weighted by molar-refractivity contribution is 0.269. The van der Waals surface area contributed by atoms with Gasteiger partial charge in [0.25, 0.3) is 0 Å². The summed E-state index contributed by atoms with van der Waals surface area (Å²) in [5, 5.41) is 3.77. The first-order valence-electron chi connectivity index (χ1n) is 6.68. The van der Waals surface area contributed by atoms with Crippen LogP contribution in [0.25, 0.3) is 0 Å². The van der Waals surface area contributed by atoms with Crippen molar-refractivity contribution in [3.63, 3.8) is 0 Å². The van der Waals surface area contributed by atoms with E-state index in [1.807, 2.05) is 11.3 Å². The van der Waals surface area contributed by atoms with Crippen molar-refractivity contribution >= 4 is 27.3 Å². The predicted octanol–water partition coefficient (Wildman–Crippen LogP) is 5.13. The highest BCUT2D eigenvalue weighted by molar-refractivity contribution is 9.11. The molecule has 1 nitrogen and oxygen atoms in total. The second-order valence-corrected chi connectivity index (χ2v) is 7.71. The van der Waals surface area contributed by atoms with E-state index in [2.05, 4.69) is 47.2 Å². The summed E-state index contributed by atoms with van der Waals surface area (Å²) >= 11 is 5.37. The van der Waals surface area contributed by atoms with Crippen molar-refractivity contribution < 1.29 is 0 Å². The largest absolute Gasteiger partial charge is 0.307 e. The van der Waals surface area contributed by atoms with Crippen molar-refractivity contribution in [2.75, 3.05) is 0 Å². The van der Waals surface area contributed by atoms with Gasteiger partial charge < -0.3 is 5.32 Å². The highest BCUT2D eigenvalue weighted by Crippen LogP contribution is 2.30. The van der Waals surface area contributed by atoms with Gasteiger partial charge in [0.15, 0.2) is 0 Å². The third-order valence-electron chi connectivity index (χ3n) is 3.89. The molecule has 1 aromatic rings. The Morgan fingerprint density at radius 1 is 1.24 bits per heavy atom. The molecule has 1 fully saturated rings. The van der Waals surface area contributed by atoms with Gasteiger partial charge in [0.1, 0.15) is 0 Å². The lowest BCUT2D eigenvalue weighted by Gasteiger charge is -2.30. The van der Waals surface area contributed by atoms with Crippen LogP contribution in [-0.2, 0) is 0 Å². The van der Waals surface area contributed by atoms with E-state index in [-0.39, 0.29) is 0 Å². The first-order valence-corrected chi connectivity index (χ1v) is 8.29. The second kappa shape index (κ2) is 6.35. The summed E-state index contributed by atoms with van der Waals surface area (Å²) < 4.78 is 1.23. The van der Waals surface area contributed by atoms with Crippen LogP contribution in [0.15, 0.2) is 15.9 Å². The molecule has 0 spiro atoms. The summed E-state index contributed by atoms with van der Waals surface area (Å²) in [7, 11) is 0. The molecular weight excluding hydrogens is 294 g/mol. The average Bonchev–Trinajstić information content (AvgIpc) is 2.77. The Balaban J connectivity index is 1.87. The fourth-order valence-corrected chi connectivity index (χ4v) is 4.24. The van der Waals surface area contributed by atoms with Crippen LogP contribution >= 0.6 is 27.3 Å². The van der Waals surface area contributed by atoms with Gasteiger partial charge in [-0.05, 0) is 60.7 Å². The molecule has 0 radical (unpaired) electrons. The number of nitrogens with one attached hydrogen (secondary N) is 1. The zero-order chi connectivity index (χ0) is 12.3. The van der Waals surface area contributed by atoms with E-state index >= 15 is 0 Å². The number of halogens is 1. The Labute approximate surface area is 117 Å². The fraction of sp³-hybridized carbons (Fsp3) is 0.714. The molecule has 1 saturated carbocycles. The van der Waals surface area contributed by atoms with E-state index in [0.717, 1.165) is 5.92 Å². The predicted molar refractivity (Wildman–Crippen MR) is 79.6 cm³/mol. The van der Waals surface area contributed by atoms with Gasteiger partial charge in [0, 0.05) is 17.0 Å². The Hall–Kier alpha value is 0.140. The van der Waals surface area contributed by atoms with E-state index < -0.39 is 0 Å². The van der Waals surface area contributed by atoms with Crippen LogP contribution in [-0.4, -0.2) is 6.04 Å². The first-order chi connectivity index (χ1) is 8.16. The van der Waals surface area contributed by atoms with Gasteiger partial charge in [-0.25, -0.2) is 0 Å². The second-order valence-electron chi connectivity index (χ2n) is 5.22. The number of hydrogen-bond acceptors (Lipinski definition) is 2. The summed E-state index contributed by atoms with van der Waals surface area (Å²) in [5.41, 5.74) is 0. The molecule has 1 heterocycles. The summed E-state index contributed by atoms with van der Waals surface area (Å²) in [6.07, 6.45) is 7.12. The molecule has 1 unspecified atom stereocenters. The molecule has 0 aromatic carbocycles. The van der Waals surface area contributed by atoms with E-state index in [1.54, 1.807) is 0 Å². The number of rotatable bonds is 4. The fourth-order valence-electron chi connectivity index (χ4n) is 2.81. The minimum absolute atomic E-state index is 0.475. The SMILES string of the molecule is CC(N[C@H](C)C1CCCCC1)c1ccc(Br)s1. The van der Waals surface area contributed by atoms with E-state index in [4.69, 9.17) is 0 Å². The highest BCUT2D eigenvalue weighted by atomic mass is 79.9. The minimum atomic E-state index is 0.475. The maximum atomic E-state index is 3.77. The Bertz CT molecular complexity index is 344. The maximum absolute atomic E-state index is 3.77. The molecule has 17 heavy (non-hydrogen) atoms. The third-order valence-corrected chi connectivity index (χ3v) is 5.70. The standard InChI is InChI=1S/C14H22BrNS/c1-10(12-6-4-3-5-7-12)16-11(2)13-8-9-14(15)17-13/h8-12,16H,3-7H2,1-2H3/t10-,11?/m1/s1. The first kappa shape index (κ1) is 13.6. The zero-order valence-corrected chi connectivity index (χ0v) is 13.1. The van der Waals surface area contributed by atoms with Crippen LogP contribution < -0.4 is 5.32 Å². The molecule has 3 heteroatoms. The van der Waals surface area contributed by atoms with Gasteiger partial charge >= 0.3 is 0 Å². The molecule has 1 N–H and O–H groups in total. The lowest BCUT2D eigenvalue weighted by atomic mass is 9.84. The number of hydrogen-bond donors (Lipinski definition) is 1. The van der Waals surface area contributed by atoms with Crippen LogP contribution in [0, 0.1) is 5.92 Å². The van der Waals surface area contributed by atoms with Crippen molar-refractivity contribution in [2.45, 2.75) is 58.0 Å². The van der Waals surface area contributed by atoms with Crippen LogP contribution in [0.3, 0.4) is 0 Å². The van der Waals surface area contributed by atoms with E-state index in [1.165, 1.54) is 40.8 Å². The third kappa shape index (κ3) is 3.80. The van der Waals surface area contributed by atoms with Crippen LogP contribution in [0.4, 0.5) is 0 Å². The molecule has 96 valence electrons. The van der Waals surface area contributed by atoms with Crippen molar-refractivity contribution in [1.29, 1.82) is 0 Å². The quantitative estimate of drug-likeness (QED) is 0.812. The summed E-state index contributed by atoms with van der Waals surface area (Å²) in [5.74, 6) is 0.884. The summed E-state index contributed by atoms with van der Waals surface area (Å²) in [6, 6.07) is 5.48. The van der Waals surface area contributed by atoms with Crippen molar-refractivity contribution in [3.8, 4) is 0 Å².